The summed E-state index contributed by atoms with van der Waals surface area (Å²) in [6.07, 6.45) is 0. The van der Waals surface area contributed by atoms with Crippen LogP contribution in [0, 0.1) is 0 Å². The van der Waals surface area contributed by atoms with Crippen molar-refractivity contribution in [3.63, 3.8) is 0 Å². The number of fused-ring (bicyclic) bond motifs is 1. The van der Waals surface area contributed by atoms with E-state index < -0.39 is 0 Å². The molecule has 4 nitrogen and oxygen atoms in total. The Hall–Kier alpha value is -2.40. The van der Waals surface area contributed by atoms with Crippen molar-refractivity contribution in [1.82, 2.24) is 9.97 Å². The molecule has 3 N–H and O–H groups in total. The van der Waals surface area contributed by atoms with Gasteiger partial charge in [0.2, 0.25) is 0 Å². The van der Waals surface area contributed by atoms with Crippen molar-refractivity contribution in [2.75, 3.05) is 6.61 Å². The summed E-state index contributed by atoms with van der Waals surface area (Å²) in [6, 6.07) is 15.6. The Balaban J connectivity index is 1.93. The third kappa shape index (κ3) is 2.62. The summed E-state index contributed by atoms with van der Waals surface area (Å²) < 4.78 is 5.48. The third-order valence-corrected chi connectivity index (χ3v) is 3.00. The van der Waals surface area contributed by atoms with Crippen molar-refractivity contribution in [2.24, 2.45) is 5.73 Å². The van der Waals surface area contributed by atoms with Crippen LogP contribution < -0.4 is 10.5 Å². The van der Waals surface area contributed by atoms with Crippen LogP contribution in [0.3, 0.4) is 0 Å². The van der Waals surface area contributed by atoms with Gasteiger partial charge in [0.1, 0.15) is 23.2 Å². The highest BCUT2D eigenvalue weighted by molar-refractivity contribution is 7.80. The smallest absolute Gasteiger partial charge is 0.138 e. The van der Waals surface area contributed by atoms with Crippen molar-refractivity contribution in [3.05, 3.63) is 48.5 Å². The van der Waals surface area contributed by atoms with Crippen LogP contribution in [0.5, 0.6) is 5.75 Å². The summed E-state index contributed by atoms with van der Waals surface area (Å²) in [5, 5.41) is 0. The lowest BCUT2D eigenvalue weighted by Gasteiger charge is -2.03. The first-order chi connectivity index (χ1) is 9.72. The van der Waals surface area contributed by atoms with Crippen molar-refractivity contribution >= 4 is 28.2 Å². The van der Waals surface area contributed by atoms with Gasteiger partial charge < -0.3 is 15.5 Å². The molecule has 100 valence electrons. The van der Waals surface area contributed by atoms with Gasteiger partial charge in [-0.15, -0.1) is 0 Å². The minimum Gasteiger partial charge on any atom is -0.486 e. The first-order valence-electron chi connectivity index (χ1n) is 6.19. The number of hydrogen-bond acceptors (Lipinski definition) is 3. The maximum absolute atomic E-state index is 5.48. The quantitative estimate of drug-likeness (QED) is 0.723. The number of nitrogens with zero attached hydrogens (tertiary/aromatic N) is 1. The van der Waals surface area contributed by atoms with Crippen molar-refractivity contribution in [3.8, 4) is 17.1 Å². The number of ether oxygens (including phenoxy) is 1. The zero-order valence-electron chi connectivity index (χ0n) is 10.7. The second-order valence-corrected chi connectivity index (χ2v) is 4.91. The molecule has 0 fully saturated rings. The molecule has 0 amide bonds. The van der Waals surface area contributed by atoms with E-state index in [4.69, 9.17) is 22.7 Å². The minimum atomic E-state index is 0.237. The van der Waals surface area contributed by atoms with Crippen LogP contribution in [-0.2, 0) is 0 Å². The van der Waals surface area contributed by atoms with Gasteiger partial charge in [0.05, 0.1) is 11.0 Å². The molecule has 1 heterocycles. The number of nitrogens with one attached hydrogen (secondary N) is 1. The number of aromatic nitrogens is 2. The van der Waals surface area contributed by atoms with Crippen molar-refractivity contribution < 1.29 is 4.74 Å². The van der Waals surface area contributed by atoms with Gasteiger partial charge in [-0.25, -0.2) is 4.98 Å². The highest BCUT2D eigenvalue weighted by Crippen LogP contribution is 2.23. The lowest BCUT2D eigenvalue weighted by molar-refractivity contribution is 0.378. The molecule has 2 aromatic carbocycles. The summed E-state index contributed by atoms with van der Waals surface area (Å²) in [5.41, 5.74) is 8.29. The van der Waals surface area contributed by atoms with Gasteiger partial charge in [0.15, 0.2) is 0 Å². The lowest BCUT2D eigenvalue weighted by atomic mass is 10.2. The Kier molecular flexibility index (Phi) is 3.35. The van der Waals surface area contributed by atoms with Crippen LogP contribution in [0.2, 0.25) is 0 Å². The van der Waals surface area contributed by atoms with E-state index in [0.717, 1.165) is 22.4 Å². The van der Waals surface area contributed by atoms with E-state index in [-0.39, 0.29) is 6.61 Å². The maximum Gasteiger partial charge on any atom is 0.138 e. The first-order valence-corrected chi connectivity index (χ1v) is 6.59. The average Bonchev–Trinajstić information content (AvgIpc) is 2.89. The Labute approximate surface area is 121 Å². The Bertz CT molecular complexity index is 752. The summed E-state index contributed by atoms with van der Waals surface area (Å²) in [4.78, 5) is 8.18. The molecule has 20 heavy (non-hydrogen) atoms. The summed E-state index contributed by atoms with van der Waals surface area (Å²) in [5.74, 6) is 1.56. The summed E-state index contributed by atoms with van der Waals surface area (Å²) in [7, 11) is 0. The van der Waals surface area contributed by atoms with E-state index in [9.17, 15) is 0 Å². The highest BCUT2D eigenvalue weighted by atomic mass is 32.1. The van der Waals surface area contributed by atoms with Gasteiger partial charge in [-0.1, -0.05) is 42.5 Å². The van der Waals surface area contributed by atoms with E-state index >= 15 is 0 Å². The molecule has 5 heteroatoms. The number of thiocarbonyl (C=S) groups is 1. The third-order valence-electron chi connectivity index (χ3n) is 2.88. The predicted octanol–water partition coefficient (Wildman–Crippen LogP) is 2.89. The number of aromatic amines is 1. The maximum atomic E-state index is 5.48. The fraction of sp³-hybridized carbons (Fsp3) is 0.0667. The van der Waals surface area contributed by atoms with Gasteiger partial charge in [0.25, 0.3) is 0 Å². The lowest BCUT2D eigenvalue weighted by Crippen LogP contribution is -2.17. The van der Waals surface area contributed by atoms with Gasteiger partial charge in [-0.2, -0.15) is 0 Å². The fourth-order valence-electron chi connectivity index (χ4n) is 1.97. The van der Waals surface area contributed by atoms with Crippen LogP contribution >= 0.6 is 12.2 Å². The Morgan fingerprint density at radius 2 is 2.00 bits per heavy atom. The number of rotatable bonds is 4. The van der Waals surface area contributed by atoms with Gasteiger partial charge >= 0.3 is 0 Å². The second kappa shape index (κ2) is 5.30. The molecule has 0 atom stereocenters. The van der Waals surface area contributed by atoms with Crippen LogP contribution in [0.25, 0.3) is 22.4 Å². The molecule has 0 saturated carbocycles. The first kappa shape index (κ1) is 12.6. The molecule has 0 radical (unpaired) electrons. The number of hydrogen-bond donors (Lipinski definition) is 2. The molecule has 0 aliphatic carbocycles. The highest BCUT2D eigenvalue weighted by Gasteiger charge is 2.06. The van der Waals surface area contributed by atoms with Crippen LogP contribution in [0.1, 0.15) is 0 Å². The standard InChI is InChI=1S/C15H13N3OS/c16-14(20)9-19-11-6-7-12-13(8-11)18-15(17-12)10-4-2-1-3-5-10/h1-8H,9H2,(H2,16,20)(H,17,18). The molecule has 0 unspecified atom stereocenters. The van der Waals surface area contributed by atoms with Crippen molar-refractivity contribution in [1.29, 1.82) is 0 Å². The summed E-state index contributed by atoms with van der Waals surface area (Å²) in [6.45, 7) is 0.237. The Morgan fingerprint density at radius 1 is 1.20 bits per heavy atom. The monoisotopic (exact) mass is 283 g/mol. The summed E-state index contributed by atoms with van der Waals surface area (Å²) >= 11 is 4.79. The number of benzene rings is 2. The van der Waals surface area contributed by atoms with Gasteiger partial charge in [0, 0.05) is 11.6 Å². The van der Waals surface area contributed by atoms with E-state index in [1.165, 1.54) is 0 Å². The molecule has 0 aliphatic rings. The molecular weight excluding hydrogens is 270 g/mol. The van der Waals surface area contributed by atoms with Crippen molar-refractivity contribution in [2.45, 2.75) is 0 Å². The van der Waals surface area contributed by atoms with E-state index in [0.29, 0.717) is 10.7 Å². The van der Waals surface area contributed by atoms with Gasteiger partial charge in [-0.05, 0) is 12.1 Å². The molecule has 0 aliphatic heterocycles. The number of imidazole rings is 1. The molecule has 0 saturated heterocycles. The SMILES string of the molecule is NC(=S)COc1ccc2nc(-c3ccccc3)[nH]c2c1. The average molecular weight is 283 g/mol. The van der Waals surface area contributed by atoms with Crippen LogP contribution in [-0.4, -0.2) is 21.6 Å². The predicted molar refractivity (Wildman–Crippen MR) is 83.8 cm³/mol. The fourth-order valence-corrected chi connectivity index (χ4v) is 2.02. The van der Waals surface area contributed by atoms with E-state index in [1.807, 2.05) is 48.5 Å². The zero-order valence-corrected chi connectivity index (χ0v) is 11.5. The molecule has 3 aromatic rings. The number of H-pyrrole nitrogens is 1. The topological polar surface area (TPSA) is 63.9 Å². The van der Waals surface area contributed by atoms with E-state index in [2.05, 4.69) is 9.97 Å². The Morgan fingerprint density at radius 3 is 2.75 bits per heavy atom. The molecule has 0 bridgehead atoms. The second-order valence-electron chi connectivity index (χ2n) is 4.39. The van der Waals surface area contributed by atoms with E-state index in [1.54, 1.807) is 0 Å². The number of nitrogens with two attached hydrogens (primary N) is 1. The molecular formula is C15H13N3OS. The van der Waals surface area contributed by atoms with Gasteiger partial charge in [-0.3, -0.25) is 0 Å². The van der Waals surface area contributed by atoms with Crippen LogP contribution in [0.4, 0.5) is 0 Å². The molecule has 1 aromatic heterocycles. The largest absolute Gasteiger partial charge is 0.486 e. The zero-order chi connectivity index (χ0) is 13.9. The normalized spacial score (nSPS) is 10.6. The molecule has 3 rings (SSSR count). The van der Waals surface area contributed by atoms with Crippen LogP contribution in [0.15, 0.2) is 48.5 Å². The minimum absolute atomic E-state index is 0.237. The molecule has 0 spiro atoms.